The zero-order valence-electron chi connectivity index (χ0n) is 11.2. The fourth-order valence-electron chi connectivity index (χ4n) is 1.70. The SMILES string of the molecule is Cc1cccc(OCCCOc2ccsc2C(=O)O)c1. The van der Waals surface area contributed by atoms with E-state index in [-0.39, 0.29) is 4.88 Å². The van der Waals surface area contributed by atoms with E-state index in [1.807, 2.05) is 31.2 Å². The van der Waals surface area contributed by atoms with Gasteiger partial charge in [-0.05, 0) is 36.1 Å². The molecule has 0 saturated heterocycles. The Hall–Kier alpha value is -2.01. The number of rotatable bonds is 7. The highest BCUT2D eigenvalue weighted by Crippen LogP contribution is 2.24. The van der Waals surface area contributed by atoms with E-state index in [9.17, 15) is 4.79 Å². The largest absolute Gasteiger partial charge is 0.493 e. The van der Waals surface area contributed by atoms with E-state index in [4.69, 9.17) is 14.6 Å². The van der Waals surface area contributed by atoms with Gasteiger partial charge in [-0.1, -0.05) is 12.1 Å². The minimum Gasteiger partial charge on any atom is -0.493 e. The fraction of sp³-hybridized carbons (Fsp3) is 0.267. The van der Waals surface area contributed by atoms with Gasteiger partial charge in [0.1, 0.15) is 11.5 Å². The van der Waals surface area contributed by atoms with Crippen LogP contribution in [0.3, 0.4) is 0 Å². The first-order valence-electron chi connectivity index (χ1n) is 6.30. The molecule has 0 unspecified atom stereocenters. The highest BCUT2D eigenvalue weighted by molar-refractivity contribution is 7.12. The molecule has 4 nitrogen and oxygen atoms in total. The third-order valence-electron chi connectivity index (χ3n) is 2.63. The van der Waals surface area contributed by atoms with Gasteiger partial charge in [0, 0.05) is 6.42 Å². The smallest absolute Gasteiger partial charge is 0.349 e. The average molecular weight is 292 g/mol. The highest BCUT2D eigenvalue weighted by atomic mass is 32.1. The Labute approximate surface area is 121 Å². The Bertz CT molecular complexity index is 577. The van der Waals surface area contributed by atoms with E-state index in [0.29, 0.717) is 25.4 Å². The molecule has 1 N–H and O–H groups in total. The summed E-state index contributed by atoms with van der Waals surface area (Å²) < 4.78 is 11.0. The lowest BCUT2D eigenvalue weighted by Gasteiger charge is -2.08. The van der Waals surface area contributed by atoms with Gasteiger partial charge in [0.2, 0.25) is 0 Å². The van der Waals surface area contributed by atoms with Crippen molar-refractivity contribution in [2.45, 2.75) is 13.3 Å². The van der Waals surface area contributed by atoms with Crippen molar-refractivity contribution >= 4 is 17.3 Å². The molecule has 0 fully saturated rings. The first-order chi connectivity index (χ1) is 9.66. The predicted octanol–water partition coefficient (Wildman–Crippen LogP) is 3.60. The second kappa shape index (κ2) is 6.96. The number of ether oxygens (including phenoxy) is 2. The number of hydrogen-bond acceptors (Lipinski definition) is 4. The second-order valence-corrected chi connectivity index (χ2v) is 5.20. The van der Waals surface area contributed by atoms with Crippen molar-refractivity contribution in [3.8, 4) is 11.5 Å². The Balaban J connectivity index is 1.72. The van der Waals surface area contributed by atoms with E-state index >= 15 is 0 Å². The van der Waals surface area contributed by atoms with Gasteiger partial charge in [-0.2, -0.15) is 0 Å². The van der Waals surface area contributed by atoms with Crippen molar-refractivity contribution in [3.05, 3.63) is 46.2 Å². The van der Waals surface area contributed by atoms with Crippen LogP contribution in [0.15, 0.2) is 35.7 Å². The van der Waals surface area contributed by atoms with Crippen molar-refractivity contribution in [3.63, 3.8) is 0 Å². The van der Waals surface area contributed by atoms with Crippen molar-refractivity contribution in [1.82, 2.24) is 0 Å². The molecule has 1 heterocycles. The van der Waals surface area contributed by atoms with Gasteiger partial charge < -0.3 is 14.6 Å². The summed E-state index contributed by atoms with van der Waals surface area (Å²) in [6.45, 7) is 2.98. The van der Waals surface area contributed by atoms with Gasteiger partial charge in [0.15, 0.2) is 4.88 Å². The summed E-state index contributed by atoms with van der Waals surface area (Å²) in [5.41, 5.74) is 1.16. The molecule has 20 heavy (non-hydrogen) atoms. The minimum absolute atomic E-state index is 0.240. The molecule has 2 rings (SSSR count). The fourth-order valence-corrected chi connectivity index (χ4v) is 2.37. The first-order valence-corrected chi connectivity index (χ1v) is 7.18. The maximum atomic E-state index is 10.9. The molecule has 0 bridgehead atoms. The van der Waals surface area contributed by atoms with E-state index in [0.717, 1.165) is 22.6 Å². The van der Waals surface area contributed by atoms with Gasteiger partial charge in [0.25, 0.3) is 0 Å². The van der Waals surface area contributed by atoms with Crippen LogP contribution in [0, 0.1) is 6.92 Å². The van der Waals surface area contributed by atoms with Crippen molar-refractivity contribution in [2.24, 2.45) is 0 Å². The maximum absolute atomic E-state index is 10.9. The Morgan fingerprint density at radius 2 is 2.05 bits per heavy atom. The summed E-state index contributed by atoms with van der Waals surface area (Å²) in [6, 6.07) is 9.53. The molecule has 0 aliphatic rings. The van der Waals surface area contributed by atoms with Crippen molar-refractivity contribution < 1.29 is 19.4 Å². The number of carboxylic acid groups (broad SMARTS) is 1. The molecule has 0 radical (unpaired) electrons. The third-order valence-corrected chi connectivity index (χ3v) is 3.51. The van der Waals surface area contributed by atoms with Crippen LogP contribution in [0.25, 0.3) is 0 Å². The number of thiophene rings is 1. The molecule has 1 aromatic heterocycles. The standard InChI is InChI=1S/C15H16O4S/c1-11-4-2-5-12(10-11)18-7-3-8-19-13-6-9-20-14(13)15(16)17/h2,4-6,9-10H,3,7-8H2,1H3,(H,16,17). The van der Waals surface area contributed by atoms with E-state index < -0.39 is 5.97 Å². The number of carboxylic acids is 1. The maximum Gasteiger partial charge on any atom is 0.349 e. The lowest BCUT2D eigenvalue weighted by atomic mass is 10.2. The number of aryl methyl sites for hydroxylation is 1. The summed E-state index contributed by atoms with van der Waals surface area (Å²) >= 11 is 1.16. The molecule has 0 aliphatic heterocycles. The molecule has 5 heteroatoms. The molecule has 0 atom stereocenters. The lowest BCUT2D eigenvalue weighted by molar-refractivity contribution is 0.0698. The molecule has 0 aliphatic carbocycles. The van der Waals surface area contributed by atoms with Gasteiger partial charge in [-0.25, -0.2) is 4.79 Å². The van der Waals surface area contributed by atoms with Crippen LogP contribution in [-0.2, 0) is 0 Å². The monoisotopic (exact) mass is 292 g/mol. The van der Waals surface area contributed by atoms with Crippen molar-refractivity contribution in [2.75, 3.05) is 13.2 Å². The van der Waals surface area contributed by atoms with Crippen LogP contribution in [0.4, 0.5) is 0 Å². The number of hydrogen-bond donors (Lipinski definition) is 1. The zero-order valence-corrected chi connectivity index (χ0v) is 12.0. The zero-order chi connectivity index (χ0) is 14.4. The topological polar surface area (TPSA) is 55.8 Å². The molecule has 1 aromatic carbocycles. The molecular formula is C15H16O4S. The van der Waals surface area contributed by atoms with E-state index in [1.165, 1.54) is 0 Å². The lowest BCUT2D eigenvalue weighted by Crippen LogP contribution is -2.06. The van der Waals surface area contributed by atoms with Crippen LogP contribution in [-0.4, -0.2) is 24.3 Å². The second-order valence-electron chi connectivity index (χ2n) is 4.29. The van der Waals surface area contributed by atoms with Crippen LogP contribution in [0.2, 0.25) is 0 Å². The Kier molecular flexibility index (Phi) is 5.01. The summed E-state index contributed by atoms with van der Waals surface area (Å²) in [5.74, 6) is 0.316. The van der Waals surface area contributed by atoms with Gasteiger partial charge in [-0.15, -0.1) is 11.3 Å². The molecule has 2 aromatic rings. The molecular weight excluding hydrogens is 276 g/mol. The number of carbonyl (C=O) groups is 1. The molecule has 0 spiro atoms. The number of benzene rings is 1. The quantitative estimate of drug-likeness (QED) is 0.792. The van der Waals surface area contributed by atoms with Crippen LogP contribution < -0.4 is 9.47 Å². The summed E-state index contributed by atoms with van der Waals surface area (Å²) in [4.78, 5) is 11.1. The van der Waals surface area contributed by atoms with Gasteiger partial charge in [-0.3, -0.25) is 0 Å². The first kappa shape index (κ1) is 14.4. The number of aromatic carboxylic acids is 1. The normalized spacial score (nSPS) is 10.2. The molecule has 106 valence electrons. The van der Waals surface area contributed by atoms with Gasteiger partial charge >= 0.3 is 5.97 Å². The molecule has 0 amide bonds. The minimum atomic E-state index is -0.953. The summed E-state index contributed by atoms with van der Waals surface area (Å²) in [6.07, 6.45) is 0.697. The Morgan fingerprint density at radius 3 is 2.80 bits per heavy atom. The molecule has 0 saturated carbocycles. The van der Waals surface area contributed by atoms with Crippen LogP contribution in [0.1, 0.15) is 21.7 Å². The van der Waals surface area contributed by atoms with E-state index in [1.54, 1.807) is 11.4 Å². The van der Waals surface area contributed by atoms with Crippen molar-refractivity contribution in [1.29, 1.82) is 0 Å². The summed E-state index contributed by atoms with van der Waals surface area (Å²) in [5, 5.41) is 10.6. The van der Waals surface area contributed by atoms with Crippen LogP contribution in [0.5, 0.6) is 11.5 Å². The van der Waals surface area contributed by atoms with E-state index in [2.05, 4.69) is 0 Å². The average Bonchev–Trinajstić information content (AvgIpc) is 2.87. The highest BCUT2D eigenvalue weighted by Gasteiger charge is 2.12. The third kappa shape index (κ3) is 3.99. The van der Waals surface area contributed by atoms with Gasteiger partial charge in [0.05, 0.1) is 13.2 Å². The van der Waals surface area contributed by atoms with Crippen LogP contribution >= 0.6 is 11.3 Å². The predicted molar refractivity (Wildman–Crippen MR) is 78.1 cm³/mol. The summed E-state index contributed by atoms with van der Waals surface area (Å²) in [7, 11) is 0. The Morgan fingerprint density at radius 1 is 1.25 bits per heavy atom.